The molecular formula is C24H24FN7O4S. The van der Waals surface area contributed by atoms with Crippen molar-refractivity contribution < 1.29 is 22.7 Å². The predicted octanol–water partition coefficient (Wildman–Crippen LogP) is 3.01. The van der Waals surface area contributed by atoms with Crippen LogP contribution in [0.3, 0.4) is 0 Å². The Balaban J connectivity index is 1.41. The molecule has 4 N–H and O–H groups in total. The molecule has 0 saturated carbocycles. The van der Waals surface area contributed by atoms with E-state index in [2.05, 4.69) is 14.7 Å². The van der Waals surface area contributed by atoms with Gasteiger partial charge in [-0.25, -0.2) is 37.0 Å². The third kappa shape index (κ3) is 4.95. The molecule has 1 amide bonds. The Morgan fingerprint density at radius 1 is 1.14 bits per heavy atom. The van der Waals surface area contributed by atoms with Gasteiger partial charge in [0.05, 0.1) is 16.3 Å². The van der Waals surface area contributed by atoms with Gasteiger partial charge in [0.2, 0.25) is 10.0 Å². The number of nitrogens with two attached hydrogens (primary N) is 1. The summed E-state index contributed by atoms with van der Waals surface area (Å²) in [6.45, 7) is 0.803. The highest BCUT2D eigenvalue weighted by molar-refractivity contribution is 7.89. The van der Waals surface area contributed by atoms with Crippen LogP contribution in [0, 0.1) is 5.82 Å². The Hall–Kier alpha value is -4.10. The van der Waals surface area contributed by atoms with Crippen molar-refractivity contribution in [2.75, 3.05) is 18.8 Å². The van der Waals surface area contributed by atoms with Crippen molar-refractivity contribution in [2.24, 2.45) is 0 Å². The quantitative estimate of drug-likeness (QED) is 0.347. The average Bonchev–Trinajstić information content (AvgIpc) is 3.29. The van der Waals surface area contributed by atoms with Crippen LogP contribution in [-0.4, -0.2) is 57.4 Å². The molecule has 0 aliphatic carbocycles. The minimum absolute atomic E-state index is 0.0258. The lowest BCUT2D eigenvalue weighted by molar-refractivity contribution is 0.120. The van der Waals surface area contributed by atoms with E-state index in [1.54, 1.807) is 28.9 Å². The topological polar surface area (TPSA) is 156 Å². The van der Waals surface area contributed by atoms with Gasteiger partial charge in [0, 0.05) is 25.2 Å². The van der Waals surface area contributed by atoms with E-state index < -0.39 is 21.9 Å². The lowest BCUT2D eigenvalue weighted by Gasteiger charge is -2.30. The lowest BCUT2D eigenvalue weighted by atomic mass is 10.1. The first kappa shape index (κ1) is 24.6. The molecule has 3 heterocycles. The number of sulfonamides is 1. The Morgan fingerprint density at radius 2 is 1.86 bits per heavy atom. The molecule has 1 atom stereocenters. The molecule has 1 saturated heterocycles. The van der Waals surface area contributed by atoms with Crippen molar-refractivity contribution in [3.8, 4) is 11.3 Å². The monoisotopic (exact) mass is 525 g/mol. The number of aromatic nitrogens is 4. The third-order valence-electron chi connectivity index (χ3n) is 6.35. The molecule has 0 unspecified atom stereocenters. The number of nitrogens with one attached hydrogen (secondary N) is 1. The number of anilines is 1. The summed E-state index contributed by atoms with van der Waals surface area (Å²) < 4.78 is 42.3. The fourth-order valence-corrected chi connectivity index (χ4v) is 5.45. The first-order valence-electron chi connectivity index (χ1n) is 11.5. The lowest BCUT2D eigenvalue weighted by Crippen LogP contribution is -2.40. The summed E-state index contributed by atoms with van der Waals surface area (Å²) in [6, 6.07) is 11.5. The number of fused-ring (bicyclic) bond motifs is 1. The number of rotatable bonds is 6. The van der Waals surface area contributed by atoms with Crippen molar-refractivity contribution in [1.29, 1.82) is 0 Å². The van der Waals surface area contributed by atoms with Crippen molar-refractivity contribution in [2.45, 2.75) is 30.3 Å². The maximum absolute atomic E-state index is 13.1. The summed E-state index contributed by atoms with van der Waals surface area (Å²) in [5.74, 6) is -0.258. The maximum Gasteiger partial charge on any atom is 0.407 e. The van der Waals surface area contributed by atoms with Crippen molar-refractivity contribution in [1.82, 2.24) is 29.4 Å². The van der Waals surface area contributed by atoms with Gasteiger partial charge in [-0.05, 0) is 42.7 Å². The number of nitrogens with zero attached hydrogens (tertiary/aromatic N) is 5. The molecule has 1 aliphatic rings. The van der Waals surface area contributed by atoms with Crippen molar-refractivity contribution in [3.63, 3.8) is 0 Å². The maximum atomic E-state index is 13.1. The van der Waals surface area contributed by atoms with E-state index in [1.165, 1.54) is 23.4 Å². The minimum Gasteiger partial charge on any atom is -0.465 e. The minimum atomic E-state index is -3.80. The second kappa shape index (κ2) is 9.75. The average molecular weight is 526 g/mol. The van der Waals surface area contributed by atoms with Crippen LogP contribution in [0.15, 0.2) is 59.8 Å². The van der Waals surface area contributed by atoms with Crippen LogP contribution in [0.4, 0.5) is 15.0 Å². The number of hydrogen-bond donors (Lipinski definition) is 3. The first-order chi connectivity index (χ1) is 17.7. The van der Waals surface area contributed by atoms with Gasteiger partial charge in [-0.3, -0.25) is 0 Å². The summed E-state index contributed by atoms with van der Waals surface area (Å²) >= 11 is 0. The normalized spacial score (nSPS) is 16.2. The summed E-state index contributed by atoms with van der Waals surface area (Å²) in [4.78, 5) is 21.3. The molecule has 0 radical (unpaired) electrons. The largest absolute Gasteiger partial charge is 0.465 e. The number of carbonyl (C=O) groups is 1. The molecule has 1 aliphatic heterocycles. The van der Waals surface area contributed by atoms with E-state index in [1.807, 2.05) is 0 Å². The summed E-state index contributed by atoms with van der Waals surface area (Å²) in [7, 11) is -3.80. The first-order valence-corrected chi connectivity index (χ1v) is 13.0. The second-order valence-corrected chi connectivity index (χ2v) is 10.5. The zero-order valence-electron chi connectivity index (χ0n) is 19.6. The molecule has 192 valence electrons. The number of hydrogen-bond acceptors (Lipinski definition) is 7. The second-order valence-electron chi connectivity index (χ2n) is 8.75. The molecule has 37 heavy (non-hydrogen) atoms. The van der Waals surface area contributed by atoms with E-state index in [0.29, 0.717) is 41.8 Å². The van der Waals surface area contributed by atoms with E-state index in [0.717, 1.165) is 24.1 Å². The number of halogens is 1. The predicted molar refractivity (Wildman–Crippen MR) is 133 cm³/mol. The SMILES string of the molecule is Nc1ncnc2c1c(-c1ccc(CNS(=O)(=O)c3ccc(F)cc3)cc1)nn2[C@@H]1CCCN(C(=O)O)C1. The number of amides is 1. The Kier molecular flexibility index (Phi) is 6.48. The van der Waals surface area contributed by atoms with Crippen LogP contribution >= 0.6 is 0 Å². The summed E-state index contributed by atoms with van der Waals surface area (Å²) in [5, 5.41) is 14.8. The zero-order valence-corrected chi connectivity index (χ0v) is 20.4. The van der Waals surface area contributed by atoms with Gasteiger partial charge in [-0.15, -0.1) is 0 Å². The number of likely N-dealkylation sites (tertiary alicyclic amines) is 1. The molecule has 13 heteroatoms. The van der Waals surface area contributed by atoms with Crippen LogP contribution in [0.2, 0.25) is 0 Å². The van der Waals surface area contributed by atoms with Gasteiger partial charge in [-0.2, -0.15) is 5.10 Å². The Bertz CT molecular complexity index is 1560. The fraction of sp³-hybridized carbons (Fsp3) is 0.250. The molecule has 0 bridgehead atoms. The number of nitrogen functional groups attached to an aromatic ring is 1. The van der Waals surface area contributed by atoms with Crippen LogP contribution in [-0.2, 0) is 16.6 Å². The standard InChI is InChI=1S/C24H24FN7O4S/c25-17-7-9-19(10-8-17)37(35,36)29-12-15-3-5-16(6-4-15)21-20-22(26)27-14-28-23(20)32(30-21)18-2-1-11-31(13-18)24(33)34/h3-10,14,18,29H,1-2,11-13H2,(H,33,34)(H2,26,27,28)/t18-/m1/s1. The van der Waals surface area contributed by atoms with Crippen LogP contribution < -0.4 is 10.5 Å². The van der Waals surface area contributed by atoms with Crippen LogP contribution in [0.25, 0.3) is 22.3 Å². The van der Waals surface area contributed by atoms with Crippen LogP contribution in [0.5, 0.6) is 0 Å². The van der Waals surface area contributed by atoms with E-state index in [4.69, 9.17) is 10.8 Å². The van der Waals surface area contributed by atoms with Gasteiger partial charge in [0.25, 0.3) is 0 Å². The van der Waals surface area contributed by atoms with Crippen LogP contribution in [0.1, 0.15) is 24.4 Å². The van der Waals surface area contributed by atoms with Crippen molar-refractivity contribution in [3.05, 3.63) is 66.2 Å². The Morgan fingerprint density at radius 3 is 2.57 bits per heavy atom. The van der Waals surface area contributed by atoms with E-state index in [9.17, 15) is 22.7 Å². The number of piperidine rings is 1. The number of carboxylic acid groups (broad SMARTS) is 1. The molecule has 11 nitrogen and oxygen atoms in total. The summed E-state index contributed by atoms with van der Waals surface area (Å²) in [5.41, 5.74) is 8.70. The molecule has 4 aromatic rings. The zero-order chi connectivity index (χ0) is 26.2. The molecule has 1 fully saturated rings. The van der Waals surface area contributed by atoms with E-state index >= 15 is 0 Å². The van der Waals surface area contributed by atoms with Crippen molar-refractivity contribution >= 4 is 33.0 Å². The number of benzene rings is 2. The molecule has 2 aromatic carbocycles. The fourth-order valence-electron chi connectivity index (χ4n) is 4.44. The molecule has 0 spiro atoms. The van der Waals surface area contributed by atoms with Gasteiger partial charge >= 0.3 is 6.09 Å². The molecule has 2 aromatic heterocycles. The third-order valence-corrected chi connectivity index (χ3v) is 7.77. The Labute approximate surface area is 211 Å². The van der Waals surface area contributed by atoms with Gasteiger partial charge in [0.15, 0.2) is 5.65 Å². The molecule has 5 rings (SSSR count). The van der Waals surface area contributed by atoms with Gasteiger partial charge in [-0.1, -0.05) is 24.3 Å². The van der Waals surface area contributed by atoms with Gasteiger partial charge < -0.3 is 15.7 Å². The highest BCUT2D eigenvalue weighted by atomic mass is 32.2. The van der Waals surface area contributed by atoms with Gasteiger partial charge in [0.1, 0.15) is 23.7 Å². The highest BCUT2D eigenvalue weighted by Crippen LogP contribution is 2.33. The smallest absolute Gasteiger partial charge is 0.407 e. The van der Waals surface area contributed by atoms with E-state index in [-0.39, 0.29) is 23.3 Å². The molecular weight excluding hydrogens is 501 g/mol. The summed E-state index contributed by atoms with van der Waals surface area (Å²) in [6.07, 6.45) is 1.84. The highest BCUT2D eigenvalue weighted by Gasteiger charge is 2.28.